The number of nitriles is 1. The number of thiophene rings is 1. The highest BCUT2D eigenvalue weighted by atomic mass is 32.1. The fourth-order valence-electron chi connectivity index (χ4n) is 3.68. The Labute approximate surface area is 174 Å². The molecule has 9 heteroatoms. The van der Waals surface area contributed by atoms with Gasteiger partial charge in [-0.3, -0.25) is 14.9 Å². The average molecular weight is 417 g/mol. The number of hydrogen-bond donors (Lipinski definition) is 1. The number of fused-ring (bicyclic) bond motifs is 3. The number of nitrogens with zero attached hydrogens (tertiary/aromatic N) is 4. The fraction of sp³-hybridized carbons (Fsp3) is 0.143. The minimum Gasteiger partial charge on any atom is -0.383 e. The first kappa shape index (κ1) is 19.4. The molecule has 2 N–H and O–H groups in total. The third-order valence-electron chi connectivity index (χ3n) is 5.03. The quantitative estimate of drug-likeness (QED) is 0.290. The maximum absolute atomic E-state index is 12.5. The molecule has 0 aliphatic rings. The van der Waals surface area contributed by atoms with Gasteiger partial charge in [0, 0.05) is 28.6 Å². The van der Waals surface area contributed by atoms with Crippen LogP contribution >= 0.6 is 11.3 Å². The molecule has 148 valence electrons. The van der Waals surface area contributed by atoms with Gasteiger partial charge < -0.3 is 5.73 Å². The summed E-state index contributed by atoms with van der Waals surface area (Å²) >= 11 is 1.38. The summed E-state index contributed by atoms with van der Waals surface area (Å²) in [6.45, 7) is 5.02. The monoisotopic (exact) mass is 417 g/mol. The molecule has 0 spiro atoms. The molecule has 0 aliphatic carbocycles. The number of nitrogens with two attached hydrogens (primary N) is 1. The van der Waals surface area contributed by atoms with Crippen LogP contribution < -0.4 is 5.73 Å². The summed E-state index contributed by atoms with van der Waals surface area (Å²) in [6, 6.07) is 8.11. The number of carbonyl (C=O) groups excluding carboxylic acids is 1. The zero-order valence-corrected chi connectivity index (χ0v) is 17.1. The summed E-state index contributed by atoms with van der Waals surface area (Å²) in [6.07, 6.45) is 0. The van der Waals surface area contributed by atoms with Crippen LogP contribution in [0.15, 0.2) is 24.3 Å². The Bertz CT molecular complexity index is 1430. The number of nitro groups is 1. The number of carbonyl (C=O) groups is 1. The second kappa shape index (κ2) is 6.86. The first-order valence-corrected chi connectivity index (χ1v) is 9.75. The molecule has 0 unspecified atom stereocenters. The zero-order valence-electron chi connectivity index (χ0n) is 16.3. The Morgan fingerprint density at radius 3 is 2.47 bits per heavy atom. The minimum absolute atomic E-state index is 0.0443. The Morgan fingerprint density at radius 2 is 1.90 bits per heavy atom. The van der Waals surface area contributed by atoms with E-state index in [1.165, 1.54) is 30.4 Å². The number of hydrogen-bond acceptors (Lipinski definition) is 8. The number of aromatic nitrogens is 2. The number of nitrogen functional groups attached to an aromatic ring is 1. The van der Waals surface area contributed by atoms with Crippen molar-refractivity contribution >= 4 is 49.1 Å². The van der Waals surface area contributed by atoms with Gasteiger partial charge in [-0.05, 0) is 44.0 Å². The van der Waals surface area contributed by atoms with Crippen molar-refractivity contribution in [2.24, 2.45) is 0 Å². The zero-order chi connectivity index (χ0) is 21.7. The lowest BCUT2D eigenvalue weighted by atomic mass is 9.93. The van der Waals surface area contributed by atoms with Crippen LogP contribution in [0.4, 0.5) is 11.5 Å². The van der Waals surface area contributed by atoms with Crippen molar-refractivity contribution in [3.8, 4) is 17.2 Å². The molecule has 30 heavy (non-hydrogen) atoms. The molecule has 0 aliphatic heterocycles. The number of ketones is 1. The Kier molecular flexibility index (Phi) is 4.44. The van der Waals surface area contributed by atoms with Crippen molar-refractivity contribution in [1.82, 2.24) is 9.97 Å². The number of Topliss-reactive ketones (excluding diaryl/α,β-unsaturated/α-hetero) is 1. The second-order valence-corrected chi connectivity index (χ2v) is 7.88. The van der Waals surface area contributed by atoms with Gasteiger partial charge in [0.25, 0.3) is 5.69 Å². The van der Waals surface area contributed by atoms with Gasteiger partial charge >= 0.3 is 0 Å². The maximum atomic E-state index is 12.5. The highest BCUT2D eigenvalue weighted by Gasteiger charge is 2.24. The van der Waals surface area contributed by atoms with Crippen LogP contribution in [0.25, 0.3) is 31.6 Å². The Balaban J connectivity index is 2.20. The Morgan fingerprint density at radius 1 is 1.23 bits per heavy atom. The van der Waals surface area contributed by atoms with Gasteiger partial charge in [0.1, 0.15) is 16.7 Å². The summed E-state index contributed by atoms with van der Waals surface area (Å²) in [5.74, 6) is -0.0604. The molecule has 0 bridgehead atoms. The summed E-state index contributed by atoms with van der Waals surface area (Å²) < 4.78 is 0.770. The SMILES string of the molecule is CC(=O)c1c(C)nc2sc3c(C)c(C#N)c(N)nc3c2c1-c1ccc([N+](=O)[O-])cc1. The number of pyridine rings is 2. The average Bonchev–Trinajstić information content (AvgIpc) is 3.05. The predicted octanol–water partition coefficient (Wildman–Crippen LogP) is 4.69. The smallest absolute Gasteiger partial charge is 0.269 e. The lowest BCUT2D eigenvalue weighted by Crippen LogP contribution is -2.03. The van der Waals surface area contributed by atoms with E-state index in [1.54, 1.807) is 26.0 Å². The van der Waals surface area contributed by atoms with E-state index < -0.39 is 4.92 Å². The van der Waals surface area contributed by atoms with E-state index in [4.69, 9.17) is 5.73 Å². The minimum atomic E-state index is -0.474. The van der Waals surface area contributed by atoms with Crippen molar-refractivity contribution in [2.75, 3.05) is 5.73 Å². The van der Waals surface area contributed by atoms with E-state index in [1.807, 2.05) is 0 Å². The fourth-order valence-corrected chi connectivity index (χ4v) is 4.86. The summed E-state index contributed by atoms with van der Waals surface area (Å²) in [4.78, 5) is 32.9. The van der Waals surface area contributed by atoms with E-state index in [0.29, 0.717) is 49.2 Å². The number of anilines is 1. The van der Waals surface area contributed by atoms with E-state index in [-0.39, 0.29) is 17.3 Å². The molecular formula is C21H15N5O3S. The van der Waals surface area contributed by atoms with Gasteiger partial charge in [-0.15, -0.1) is 11.3 Å². The number of non-ortho nitro benzene ring substituents is 1. The second-order valence-electron chi connectivity index (χ2n) is 6.88. The predicted molar refractivity (Wildman–Crippen MR) is 116 cm³/mol. The molecule has 1 aromatic carbocycles. The van der Waals surface area contributed by atoms with Crippen molar-refractivity contribution in [3.05, 3.63) is 56.8 Å². The number of rotatable bonds is 3. The van der Waals surface area contributed by atoms with E-state index in [2.05, 4.69) is 16.0 Å². The van der Waals surface area contributed by atoms with Crippen LogP contribution in [0.5, 0.6) is 0 Å². The van der Waals surface area contributed by atoms with Gasteiger partial charge in [-0.1, -0.05) is 0 Å². The van der Waals surface area contributed by atoms with Gasteiger partial charge in [0.2, 0.25) is 0 Å². The molecule has 0 atom stereocenters. The topological polar surface area (TPSA) is 136 Å². The molecule has 0 fully saturated rings. The highest BCUT2D eigenvalue weighted by molar-refractivity contribution is 7.25. The summed E-state index contributed by atoms with van der Waals surface area (Å²) in [7, 11) is 0. The van der Waals surface area contributed by atoms with Gasteiger partial charge in [-0.25, -0.2) is 9.97 Å². The molecule has 0 amide bonds. The molecular weight excluding hydrogens is 402 g/mol. The van der Waals surface area contributed by atoms with Crippen LogP contribution in [0.3, 0.4) is 0 Å². The van der Waals surface area contributed by atoms with Gasteiger partial charge in [0.15, 0.2) is 5.78 Å². The van der Waals surface area contributed by atoms with Crippen molar-refractivity contribution in [1.29, 1.82) is 5.26 Å². The molecule has 4 rings (SSSR count). The van der Waals surface area contributed by atoms with Crippen LogP contribution in [0.1, 0.15) is 34.1 Å². The van der Waals surface area contributed by atoms with Gasteiger partial charge in [0.05, 0.1) is 26.4 Å². The third kappa shape index (κ3) is 2.77. The van der Waals surface area contributed by atoms with Crippen LogP contribution in [-0.4, -0.2) is 20.7 Å². The number of aryl methyl sites for hydroxylation is 2. The first-order chi connectivity index (χ1) is 14.2. The molecule has 3 aromatic heterocycles. The molecule has 4 aromatic rings. The van der Waals surface area contributed by atoms with E-state index >= 15 is 0 Å². The first-order valence-electron chi connectivity index (χ1n) is 8.93. The lowest BCUT2D eigenvalue weighted by molar-refractivity contribution is -0.384. The normalized spacial score (nSPS) is 11.0. The van der Waals surface area contributed by atoms with Crippen LogP contribution in [0.2, 0.25) is 0 Å². The van der Waals surface area contributed by atoms with Gasteiger partial charge in [-0.2, -0.15) is 5.26 Å². The summed E-state index contributed by atoms with van der Waals surface area (Å²) in [5, 5.41) is 21.1. The Hall–Kier alpha value is -3.90. The molecule has 0 saturated heterocycles. The van der Waals surface area contributed by atoms with Crippen molar-refractivity contribution in [2.45, 2.75) is 20.8 Å². The maximum Gasteiger partial charge on any atom is 0.269 e. The summed E-state index contributed by atoms with van der Waals surface area (Å²) in [5.41, 5.74) is 9.81. The molecule has 0 radical (unpaired) electrons. The number of nitro benzene ring substituents is 1. The number of benzene rings is 1. The van der Waals surface area contributed by atoms with E-state index in [0.717, 1.165) is 4.70 Å². The van der Waals surface area contributed by atoms with Crippen molar-refractivity contribution in [3.63, 3.8) is 0 Å². The van der Waals surface area contributed by atoms with Crippen LogP contribution in [-0.2, 0) is 0 Å². The van der Waals surface area contributed by atoms with Crippen molar-refractivity contribution < 1.29 is 9.72 Å². The molecule has 8 nitrogen and oxygen atoms in total. The standard InChI is InChI=1S/C21H15N5O3S/c1-9-14(8-22)20(23)25-18-17-16(12-4-6-13(7-5-12)26(28)29)15(11(3)27)10(2)24-21(17)30-19(9)18/h4-7H,1-3H3,(H2,23,25). The molecule has 0 saturated carbocycles. The largest absolute Gasteiger partial charge is 0.383 e. The third-order valence-corrected chi connectivity index (χ3v) is 6.22. The molecule has 3 heterocycles. The van der Waals surface area contributed by atoms with E-state index in [9.17, 15) is 20.2 Å². The highest BCUT2D eigenvalue weighted by Crippen LogP contribution is 2.43. The van der Waals surface area contributed by atoms with Crippen LogP contribution in [0, 0.1) is 35.3 Å². The lowest BCUT2D eigenvalue weighted by Gasteiger charge is -2.12.